The molecule has 0 bridgehead atoms. The number of Topliss-reactive ketones (excluding diaryl/α,β-unsaturated/α-hetero) is 1. The van der Waals surface area contributed by atoms with Crippen molar-refractivity contribution in [2.45, 2.75) is 24.6 Å². The molecule has 0 heterocycles. The summed E-state index contributed by atoms with van der Waals surface area (Å²) in [6.45, 7) is -0.555. The van der Waals surface area contributed by atoms with Crippen LogP contribution in [-0.2, 0) is 10.2 Å². The second-order valence-corrected chi connectivity index (χ2v) is 4.24. The number of hydrogen-bond donors (Lipinski definition) is 1. The highest BCUT2D eigenvalue weighted by atomic mass is 19.4. The van der Waals surface area contributed by atoms with E-state index in [0.29, 0.717) is 18.4 Å². The zero-order valence-corrected chi connectivity index (χ0v) is 9.33. The Bertz CT molecular complexity index is 447. The summed E-state index contributed by atoms with van der Waals surface area (Å²) in [5.41, 5.74) is -0.0815. The normalized spacial score (nSPS) is 17.3. The zero-order valence-electron chi connectivity index (χ0n) is 9.33. The smallest absolute Gasteiger partial charge is 0.406 e. The molecule has 2 rings (SSSR count). The van der Waals surface area contributed by atoms with Crippen molar-refractivity contribution in [3.63, 3.8) is 0 Å². The average Bonchev–Trinajstić information content (AvgIpc) is 3.08. The van der Waals surface area contributed by atoms with Crippen molar-refractivity contribution >= 4 is 5.78 Å². The van der Waals surface area contributed by atoms with Crippen LogP contribution in [0.4, 0.5) is 13.2 Å². The van der Waals surface area contributed by atoms with Gasteiger partial charge in [-0.15, -0.1) is 13.2 Å². The Kier molecular flexibility index (Phi) is 3.06. The van der Waals surface area contributed by atoms with Gasteiger partial charge < -0.3 is 9.84 Å². The monoisotopic (exact) mass is 260 g/mol. The Balaban J connectivity index is 2.16. The van der Waals surface area contributed by atoms with Crippen molar-refractivity contribution in [3.8, 4) is 5.75 Å². The number of halogens is 3. The lowest BCUT2D eigenvalue weighted by Gasteiger charge is -2.14. The Morgan fingerprint density at radius 2 is 1.83 bits per heavy atom. The Hall–Kier alpha value is -1.56. The summed E-state index contributed by atoms with van der Waals surface area (Å²) in [7, 11) is 0. The number of aliphatic hydroxyl groups is 1. The lowest BCUT2D eigenvalue weighted by Crippen LogP contribution is -2.23. The first kappa shape index (κ1) is 12.9. The number of rotatable bonds is 4. The molecule has 0 spiro atoms. The second kappa shape index (κ2) is 4.28. The van der Waals surface area contributed by atoms with Gasteiger partial charge in [0, 0.05) is 0 Å². The van der Waals surface area contributed by atoms with E-state index in [2.05, 4.69) is 4.74 Å². The summed E-state index contributed by atoms with van der Waals surface area (Å²) in [6, 6.07) is 5.21. The molecule has 0 atom stereocenters. The average molecular weight is 260 g/mol. The number of ketones is 1. The first-order valence-corrected chi connectivity index (χ1v) is 5.38. The van der Waals surface area contributed by atoms with E-state index in [1.165, 1.54) is 24.3 Å². The van der Waals surface area contributed by atoms with E-state index in [-0.39, 0.29) is 11.5 Å². The SMILES string of the molecule is O=C(CO)C1(c2ccc(OC(F)(F)F)cc2)CC1. The van der Waals surface area contributed by atoms with Gasteiger partial charge in [-0.25, -0.2) is 0 Å². The zero-order chi connectivity index (χ0) is 13.4. The van der Waals surface area contributed by atoms with E-state index < -0.39 is 18.4 Å². The van der Waals surface area contributed by atoms with Crippen LogP contribution in [0.1, 0.15) is 18.4 Å². The number of carbonyl (C=O) groups is 1. The summed E-state index contributed by atoms with van der Waals surface area (Å²) in [5, 5.41) is 8.86. The maximum absolute atomic E-state index is 12.0. The third kappa shape index (κ3) is 2.48. The first-order valence-electron chi connectivity index (χ1n) is 5.38. The van der Waals surface area contributed by atoms with Gasteiger partial charge in [-0.2, -0.15) is 0 Å². The van der Waals surface area contributed by atoms with Crippen LogP contribution in [0.15, 0.2) is 24.3 Å². The molecule has 98 valence electrons. The maximum atomic E-state index is 12.0. The first-order chi connectivity index (χ1) is 8.37. The third-order valence-electron chi connectivity index (χ3n) is 3.07. The molecule has 3 nitrogen and oxygen atoms in total. The van der Waals surface area contributed by atoms with Gasteiger partial charge in [0.2, 0.25) is 0 Å². The summed E-state index contributed by atoms with van der Waals surface area (Å²) >= 11 is 0. The fourth-order valence-electron chi connectivity index (χ4n) is 1.98. The van der Waals surface area contributed by atoms with Gasteiger partial charge in [-0.05, 0) is 30.5 Å². The van der Waals surface area contributed by atoms with Crippen LogP contribution in [0.25, 0.3) is 0 Å². The van der Waals surface area contributed by atoms with Gasteiger partial charge in [-0.3, -0.25) is 4.79 Å². The van der Waals surface area contributed by atoms with Gasteiger partial charge in [0.1, 0.15) is 12.4 Å². The minimum absolute atomic E-state index is 0.299. The van der Waals surface area contributed by atoms with E-state index in [9.17, 15) is 18.0 Å². The molecule has 0 radical (unpaired) electrons. The molecule has 1 saturated carbocycles. The van der Waals surface area contributed by atoms with Crippen molar-refractivity contribution in [2.24, 2.45) is 0 Å². The lowest BCUT2D eigenvalue weighted by molar-refractivity contribution is -0.274. The van der Waals surface area contributed by atoms with Gasteiger partial charge in [0.05, 0.1) is 5.41 Å². The third-order valence-corrected chi connectivity index (χ3v) is 3.07. The van der Waals surface area contributed by atoms with Crippen molar-refractivity contribution in [3.05, 3.63) is 29.8 Å². The highest BCUT2D eigenvalue weighted by molar-refractivity contribution is 5.93. The van der Waals surface area contributed by atoms with Crippen LogP contribution in [0, 0.1) is 0 Å². The molecule has 18 heavy (non-hydrogen) atoms. The number of carbonyl (C=O) groups excluding carboxylic acids is 1. The van der Waals surface area contributed by atoms with Crippen LogP contribution in [0.5, 0.6) is 5.75 Å². The molecule has 1 aromatic rings. The molecule has 0 aromatic heterocycles. The number of alkyl halides is 3. The molecule has 0 unspecified atom stereocenters. The fourth-order valence-corrected chi connectivity index (χ4v) is 1.98. The summed E-state index contributed by atoms with van der Waals surface area (Å²) in [5.74, 6) is -0.620. The number of hydrogen-bond acceptors (Lipinski definition) is 3. The quantitative estimate of drug-likeness (QED) is 0.902. The second-order valence-electron chi connectivity index (χ2n) is 4.24. The predicted octanol–water partition coefficient (Wildman–Crippen LogP) is 2.18. The topological polar surface area (TPSA) is 46.5 Å². The highest BCUT2D eigenvalue weighted by Gasteiger charge is 2.50. The van der Waals surface area contributed by atoms with E-state index in [1.807, 2.05) is 0 Å². The van der Waals surface area contributed by atoms with Crippen LogP contribution >= 0.6 is 0 Å². The van der Waals surface area contributed by atoms with Crippen molar-refractivity contribution < 1.29 is 27.8 Å². The molecule has 6 heteroatoms. The van der Waals surface area contributed by atoms with E-state index in [1.54, 1.807) is 0 Å². The molecule has 1 aliphatic rings. The predicted molar refractivity (Wildman–Crippen MR) is 56.1 cm³/mol. The minimum Gasteiger partial charge on any atom is -0.406 e. The largest absolute Gasteiger partial charge is 0.573 e. The van der Waals surface area contributed by atoms with Crippen LogP contribution in [0.3, 0.4) is 0 Å². The standard InChI is InChI=1S/C12H11F3O3/c13-12(14,15)18-9-3-1-8(2-4-9)11(5-6-11)10(17)7-16/h1-4,16H,5-7H2. The van der Waals surface area contributed by atoms with Gasteiger partial charge >= 0.3 is 6.36 Å². The summed E-state index contributed by atoms with van der Waals surface area (Å²) in [4.78, 5) is 11.5. The van der Waals surface area contributed by atoms with Crippen LogP contribution < -0.4 is 4.74 Å². The minimum atomic E-state index is -4.72. The Morgan fingerprint density at radius 3 is 2.22 bits per heavy atom. The number of benzene rings is 1. The van der Waals surface area contributed by atoms with Crippen LogP contribution in [0.2, 0.25) is 0 Å². The number of aliphatic hydroxyl groups excluding tert-OH is 1. The maximum Gasteiger partial charge on any atom is 0.573 e. The molecule has 0 amide bonds. The molecule has 1 N–H and O–H groups in total. The van der Waals surface area contributed by atoms with E-state index in [4.69, 9.17) is 5.11 Å². The van der Waals surface area contributed by atoms with Crippen LogP contribution in [-0.4, -0.2) is 23.9 Å². The molecule has 1 fully saturated rings. The fraction of sp³-hybridized carbons (Fsp3) is 0.417. The van der Waals surface area contributed by atoms with Crippen molar-refractivity contribution in [1.82, 2.24) is 0 Å². The van der Waals surface area contributed by atoms with Crippen molar-refractivity contribution in [2.75, 3.05) is 6.61 Å². The van der Waals surface area contributed by atoms with E-state index in [0.717, 1.165) is 0 Å². The van der Waals surface area contributed by atoms with Gasteiger partial charge in [-0.1, -0.05) is 12.1 Å². The molecular formula is C12H11F3O3. The molecule has 1 aromatic carbocycles. The van der Waals surface area contributed by atoms with Crippen molar-refractivity contribution in [1.29, 1.82) is 0 Å². The van der Waals surface area contributed by atoms with E-state index >= 15 is 0 Å². The highest BCUT2D eigenvalue weighted by Crippen LogP contribution is 2.49. The van der Waals surface area contributed by atoms with Gasteiger partial charge in [0.25, 0.3) is 0 Å². The Morgan fingerprint density at radius 1 is 1.28 bits per heavy atom. The summed E-state index contributed by atoms with van der Waals surface area (Å²) in [6.07, 6.45) is -3.49. The number of ether oxygens (including phenoxy) is 1. The van der Waals surface area contributed by atoms with Gasteiger partial charge in [0.15, 0.2) is 5.78 Å². The molecule has 0 saturated heterocycles. The lowest BCUT2D eigenvalue weighted by atomic mass is 9.91. The molecule has 0 aliphatic heterocycles. The Labute approximate surface area is 101 Å². The molecule has 1 aliphatic carbocycles. The summed E-state index contributed by atoms with van der Waals surface area (Å²) < 4.78 is 39.6. The molecular weight excluding hydrogens is 249 g/mol.